The van der Waals surface area contributed by atoms with E-state index in [2.05, 4.69) is 31.9 Å². The maximum absolute atomic E-state index is 11.8. The molecule has 0 saturated carbocycles. The van der Waals surface area contributed by atoms with Crippen LogP contribution in [0.15, 0.2) is 27.1 Å². The van der Waals surface area contributed by atoms with E-state index in [1.54, 1.807) is 18.7 Å². The van der Waals surface area contributed by atoms with Crippen molar-refractivity contribution in [2.45, 2.75) is 20.3 Å². The van der Waals surface area contributed by atoms with Crippen molar-refractivity contribution in [3.8, 4) is 0 Å². The number of carbonyl (C=O) groups is 2. The van der Waals surface area contributed by atoms with E-state index in [-0.39, 0.29) is 24.9 Å². The summed E-state index contributed by atoms with van der Waals surface area (Å²) in [6.07, 6.45) is 0.201. The molecule has 0 fully saturated rings. The Kier molecular flexibility index (Phi) is 8.48. The van der Waals surface area contributed by atoms with E-state index in [4.69, 9.17) is 9.47 Å². The molecule has 1 rings (SSSR count). The Bertz CT molecular complexity index is 522. The zero-order valence-corrected chi connectivity index (χ0v) is 15.8. The van der Waals surface area contributed by atoms with Crippen LogP contribution in [0.5, 0.6) is 0 Å². The molecule has 0 aliphatic carbocycles. The molecule has 0 aromatic heterocycles. The van der Waals surface area contributed by atoms with Gasteiger partial charge >= 0.3 is 11.9 Å². The lowest BCUT2D eigenvalue weighted by molar-refractivity contribution is -0.144. The third kappa shape index (κ3) is 6.36. The van der Waals surface area contributed by atoms with Gasteiger partial charge in [0.2, 0.25) is 0 Å². The Hall–Kier alpha value is -1.08. The number of hydrogen-bond donors (Lipinski definition) is 0. The minimum Gasteiger partial charge on any atom is -0.466 e. The number of hydrogen-bond acceptors (Lipinski definition) is 5. The third-order valence-electron chi connectivity index (χ3n) is 2.77. The first kappa shape index (κ1) is 19.0. The number of carbonyl (C=O) groups excluding carboxylic acids is 2. The molecule has 1 aromatic carbocycles. The maximum atomic E-state index is 11.8. The van der Waals surface area contributed by atoms with Crippen LogP contribution in [0.3, 0.4) is 0 Å². The number of esters is 2. The first-order valence-electron chi connectivity index (χ1n) is 6.99. The lowest BCUT2D eigenvalue weighted by Crippen LogP contribution is -2.33. The molecule has 0 aliphatic rings. The number of benzene rings is 1. The third-order valence-corrected chi connectivity index (χ3v) is 3.93. The van der Waals surface area contributed by atoms with E-state index in [1.807, 2.05) is 18.2 Å². The second-order valence-corrected chi connectivity index (χ2v) is 6.15. The highest BCUT2D eigenvalue weighted by molar-refractivity contribution is 9.11. The number of anilines is 1. The van der Waals surface area contributed by atoms with E-state index in [0.29, 0.717) is 19.8 Å². The summed E-state index contributed by atoms with van der Waals surface area (Å²) in [5.74, 6) is -0.624. The highest BCUT2D eigenvalue weighted by atomic mass is 79.9. The first-order chi connectivity index (χ1) is 10.5. The molecule has 22 heavy (non-hydrogen) atoms. The lowest BCUT2D eigenvalue weighted by atomic mass is 10.2. The Morgan fingerprint density at radius 1 is 1.09 bits per heavy atom. The Morgan fingerprint density at radius 2 is 1.73 bits per heavy atom. The molecule has 5 nitrogen and oxygen atoms in total. The highest BCUT2D eigenvalue weighted by Crippen LogP contribution is 2.29. The molecular formula is C15H19Br2NO4. The summed E-state index contributed by atoms with van der Waals surface area (Å²) in [5, 5.41) is 0. The Labute approximate surface area is 147 Å². The summed E-state index contributed by atoms with van der Waals surface area (Å²) in [6, 6.07) is 5.65. The van der Waals surface area contributed by atoms with Crippen molar-refractivity contribution in [3.63, 3.8) is 0 Å². The molecular weight excluding hydrogens is 418 g/mol. The van der Waals surface area contributed by atoms with E-state index in [1.165, 1.54) is 0 Å². The summed E-state index contributed by atoms with van der Waals surface area (Å²) in [5.41, 5.74) is 0.812. The van der Waals surface area contributed by atoms with Gasteiger partial charge in [0.25, 0.3) is 0 Å². The van der Waals surface area contributed by atoms with E-state index >= 15 is 0 Å². The van der Waals surface area contributed by atoms with Crippen molar-refractivity contribution in [1.82, 2.24) is 0 Å². The summed E-state index contributed by atoms with van der Waals surface area (Å²) in [7, 11) is 0. The zero-order valence-electron chi connectivity index (χ0n) is 12.6. The van der Waals surface area contributed by atoms with Gasteiger partial charge < -0.3 is 14.4 Å². The summed E-state index contributed by atoms with van der Waals surface area (Å²) in [6.45, 7) is 4.63. The number of nitrogens with zero attached hydrogens (tertiary/aromatic N) is 1. The van der Waals surface area contributed by atoms with Crippen molar-refractivity contribution in [1.29, 1.82) is 0 Å². The normalized spacial score (nSPS) is 10.2. The van der Waals surface area contributed by atoms with Gasteiger partial charge in [0, 0.05) is 15.5 Å². The topological polar surface area (TPSA) is 55.8 Å². The number of rotatable bonds is 8. The SMILES string of the molecule is CCOC(=O)CCN(CC(=O)OCC)c1cc(Br)ccc1Br. The van der Waals surface area contributed by atoms with Crippen LogP contribution in [0, 0.1) is 0 Å². The molecule has 0 atom stereocenters. The predicted molar refractivity (Wildman–Crippen MR) is 91.9 cm³/mol. The second kappa shape index (κ2) is 9.84. The van der Waals surface area contributed by atoms with Gasteiger partial charge in [0.15, 0.2) is 0 Å². The molecule has 0 aliphatic heterocycles. The van der Waals surface area contributed by atoms with Gasteiger partial charge in [0.05, 0.1) is 25.3 Å². The molecule has 0 unspecified atom stereocenters. The quantitative estimate of drug-likeness (QED) is 0.583. The monoisotopic (exact) mass is 435 g/mol. The molecule has 0 saturated heterocycles. The maximum Gasteiger partial charge on any atom is 0.325 e. The van der Waals surface area contributed by atoms with Crippen LogP contribution >= 0.6 is 31.9 Å². The van der Waals surface area contributed by atoms with E-state index in [0.717, 1.165) is 14.6 Å². The number of ether oxygens (including phenoxy) is 2. The van der Waals surface area contributed by atoms with Crippen LogP contribution < -0.4 is 4.90 Å². The van der Waals surface area contributed by atoms with Gasteiger partial charge in [-0.1, -0.05) is 15.9 Å². The number of halogens is 2. The Balaban J connectivity index is 2.87. The average Bonchev–Trinajstić information content (AvgIpc) is 2.46. The van der Waals surface area contributed by atoms with Crippen molar-refractivity contribution >= 4 is 49.5 Å². The van der Waals surface area contributed by atoms with Crippen LogP contribution in [-0.2, 0) is 19.1 Å². The molecule has 122 valence electrons. The second-order valence-electron chi connectivity index (χ2n) is 4.38. The van der Waals surface area contributed by atoms with Gasteiger partial charge in [0.1, 0.15) is 6.54 Å². The van der Waals surface area contributed by atoms with Crippen molar-refractivity contribution in [2.75, 3.05) is 31.2 Å². The minimum absolute atomic E-state index is 0.0717. The molecule has 0 amide bonds. The summed E-state index contributed by atoms with van der Waals surface area (Å²) < 4.78 is 11.6. The fourth-order valence-electron chi connectivity index (χ4n) is 1.83. The van der Waals surface area contributed by atoms with E-state index < -0.39 is 0 Å². The predicted octanol–water partition coefficient (Wildman–Crippen LogP) is 3.53. The fraction of sp³-hybridized carbons (Fsp3) is 0.467. The van der Waals surface area contributed by atoms with Gasteiger partial charge in [-0.3, -0.25) is 9.59 Å². The average molecular weight is 437 g/mol. The van der Waals surface area contributed by atoms with Crippen LogP contribution in [0.4, 0.5) is 5.69 Å². The van der Waals surface area contributed by atoms with Crippen LogP contribution in [0.1, 0.15) is 20.3 Å². The molecule has 1 aromatic rings. The van der Waals surface area contributed by atoms with Crippen LogP contribution in [0.25, 0.3) is 0 Å². The standard InChI is InChI=1S/C15H19Br2NO4/c1-3-21-14(19)7-8-18(10-15(20)22-4-2)13-9-11(16)5-6-12(13)17/h5-6,9H,3-4,7-8,10H2,1-2H3. The van der Waals surface area contributed by atoms with Crippen molar-refractivity contribution < 1.29 is 19.1 Å². The summed E-state index contributed by atoms with van der Waals surface area (Å²) >= 11 is 6.88. The smallest absolute Gasteiger partial charge is 0.325 e. The molecule has 0 bridgehead atoms. The van der Waals surface area contributed by atoms with Crippen LogP contribution in [0.2, 0.25) is 0 Å². The van der Waals surface area contributed by atoms with E-state index in [9.17, 15) is 9.59 Å². The van der Waals surface area contributed by atoms with Gasteiger partial charge in [-0.15, -0.1) is 0 Å². The molecule has 0 N–H and O–H groups in total. The van der Waals surface area contributed by atoms with Gasteiger partial charge in [-0.25, -0.2) is 0 Å². The molecule has 0 heterocycles. The first-order valence-corrected chi connectivity index (χ1v) is 8.57. The molecule has 0 spiro atoms. The van der Waals surface area contributed by atoms with Crippen LogP contribution in [-0.4, -0.2) is 38.2 Å². The largest absolute Gasteiger partial charge is 0.466 e. The highest BCUT2D eigenvalue weighted by Gasteiger charge is 2.17. The van der Waals surface area contributed by atoms with Gasteiger partial charge in [-0.2, -0.15) is 0 Å². The Morgan fingerprint density at radius 3 is 2.36 bits per heavy atom. The van der Waals surface area contributed by atoms with Crippen molar-refractivity contribution in [3.05, 3.63) is 27.1 Å². The molecule has 0 radical (unpaired) electrons. The van der Waals surface area contributed by atoms with Gasteiger partial charge in [-0.05, 0) is 48.0 Å². The fourth-order valence-corrected chi connectivity index (χ4v) is 2.68. The summed E-state index contributed by atoms with van der Waals surface area (Å²) in [4.78, 5) is 25.1. The lowest BCUT2D eigenvalue weighted by Gasteiger charge is -2.24. The molecule has 7 heteroatoms. The minimum atomic E-state index is -0.335. The zero-order chi connectivity index (χ0) is 16.5. The van der Waals surface area contributed by atoms with Crippen molar-refractivity contribution in [2.24, 2.45) is 0 Å².